The van der Waals surface area contributed by atoms with E-state index >= 15 is 0 Å². The standard InChI is InChI=1S/C21H16ClN3O2/c22-13-8-9-20-15(11-13)18-12-17(14-5-1-2-7-19(14)26)24-25(18)21(27-20)16-6-3-4-10-23-16/h1-11,18,21,26H,12H2. The van der Waals surface area contributed by atoms with Crippen molar-refractivity contribution in [3.05, 3.63) is 88.7 Å². The van der Waals surface area contributed by atoms with Gasteiger partial charge < -0.3 is 9.84 Å². The highest BCUT2D eigenvalue weighted by Gasteiger charge is 2.41. The first-order chi connectivity index (χ1) is 13.2. The lowest BCUT2D eigenvalue weighted by Gasteiger charge is -2.37. The summed E-state index contributed by atoms with van der Waals surface area (Å²) in [5.74, 6) is 1.00. The first-order valence-corrected chi connectivity index (χ1v) is 9.10. The quantitative estimate of drug-likeness (QED) is 0.704. The highest BCUT2D eigenvalue weighted by Crippen LogP contribution is 2.48. The molecule has 2 aliphatic heterocycles. The van der Waals surface area contributed by atoms with Crippen molar-refractivity contribution in [2.75, 3.05) is 0 Å². The molecule has 2 aliphatic rings. The Bertz CT molecular complexity index is 1040. The third-order valence-electron chi connectivity index (χ3n) is 4.91. The molecule has 2 atom stereocenters. The number of para-hydroxylation sites is 1. The molecular formula is C21H16ClN3O2. The molecule has 1 N–H and O–H groups in total. The highest BCUT2D eigenvalue weighted by molar-refractivity contribution is 6.30. The molecule has 0 bridgehead atoms. The maximum absolute atomic E-state index is 10.3. The summed E-state index contributed by atoms with van der Waals surface area (Å²) >= 11 is 6.24. The van der Waals surface area contributed by atoms with Crippen LogP contribution in [0.25, 0.3) is 0 Å². The first kappa shape index (κ1) is 16.1. The second-order valence-electron chi connectivity index (χ2n) is 6.57. The minimum absolute atomic E-state index is 0.0333. The van der Waals surface area contributed by atoms with Crippen LogP contribution in [0.5, 0.6) is 11.5 Å². The molecule has 3 heterocycles. The Balaban J connectivity index is 1.63. The second-order valence-corrected chi connectivity index (χ2v) is 7.01. The van der Waals surface area contributed by atoms with E-state index in [9.17, 15) is 5.11 Å². The summed E-state index contributed by atoms with van der Waals surface area (Å²) in [5, 5.41) is 17.6. The monoisotopic (exact) mass is 377 g/mol. The zero-order chi connectivity index (χ0) is 18.4. The third-order valence-corrected chi connectivity index (χ3v) is 5.14. The van der Waals surface area contributed by atoms with Gasteiger partial charge in [-0.05, 0) is 42.5 Å². The van der Waals surface area contributed by atoms with Crippen LogP contribution in [0.2, 0.25) is 5.02 Å². The number of ether oxygens (including phenoxy) is 1. The number of aromatic hydroxyl groups is 1. The van der Waals surface area contributed by atoms with Crippen molar-refractivity contribution in [3.63, 3.8) is 0 Å². The van der Waals surface area contributed by atoms with Crippen LogP contribution in [-0.2, 0) is 0 Å². The number of pyridine rings is 1. The summed E-state index contributed by atoms with van der Waals surface area (Å²) in [5.41, 5.74) is 3.32. The van der Waals surface area contributed by atoms with Crippen LogP contribution in [0.1, 0.15) is 35.5 Å². The number of halogens is 1. The average molecular weight is 378 g/mol. The van der Waals surface area contributed by atoms with Crippen molar-refractivity contribution >= 4 is 17.3 Å². The fourth-order valence-electron chi connectivity index (χ4n) is 3.66. The number of benzene rings is 2. The van der Waals surface area contributed by atoms with Crippen LogP contribution in [0.3, 0.4) is 0 Å². The van der Waals surface area contributed by atoms with Gasteiger partial charge in [-0.1, -0.05) is 29.8 Å². The number of hydrogen-bond acceptors (Lipinski definition) is 5. The summed E-state index contributed by atoms with van der Waals surface area (Å²) in [7, 11) is 0. The van der Waals surface area contributed by atoms with Crippen LogP contribution in [0.15, 0.2) is 72.0 Å². The Morgan fingerprint density at radius 2 is 1.93 bits per heavy atom. The predicted molar refractivity (Wildman–Crippen MR) is 103 cm³/mol. The Morgan fingerprint density at radius 3 is 2.74 bits per heavy atom. The molecule has 0 spiro atoms. The maximum atomic E-state index is 10.3. The molecule has 6 heteroatoms. The number of fused-ring (bicyclic) bond motifs is 3. The van der Waals surface area contributed by atoms with E-state index < -0.39 is 6.23 Å². The molecule has 27 heavy (non-hydrogen) atoms. The maximum Gasteiger partial charge on any atom is 0.230 e. The Morgan fingerprint density at radius 1 is 1.07 bits per heavy atom. The van der Waals surface area contributed by atoms with Gasteiger partial charge in [-0.25, -0.2) is 5.01 Å². The zero-order valence-corrected chi connectivity index (χ0v) is 15.0. The molecule has 5 rings (SSSR count). The SMILES string of the molecule is Oc1ccccc1C1=NN2C(C1)c1cc(Cl)ccc1OC2c1ccccn1. The van der Waals surface area contributed by atoms with E-state index in [1.54, 1.807) is 18.3 Å². The smallest absolute Gasteiger partial charge is 0.230 e. The molecule has 0 fully saturated rings. The summed E-state index contributed by atoms with van der Waals surface area (Å²) in [6.07, 6.45) is 1.96. The Hall–Kier alpha value is -3.05. The largest absolute Gasteiger partial charge is 0.507 e. The highest BCUT2D eigenvalue weighted by atomic mass is 35.5. The number of hydrazone groups is 1. The van der Waals surface area contributed by atoms with E-state index in [1.165, 1.54) is 0 Å². The van der Waals surface area contributed by atoms with Crippen molar-refractivity contribution in [1.29, 1.82) is 0 Å². The van der Waals surface area contributed by atoms with E-state index in [4.69, 9.17) is 21.4 Å². The number of hydrogen-bond donors (Lipinski definition) is 1. The van der Waals surface area contributed by atoms with Gasteiger partial charge in [-0.2, -0.15) is 5.10 Å². The number of phenolic OH excluding ortho intramolecular Hbond substituents is 1. The molecule has 0 amide bonds. The molecular weight excluding hydrogens is 362 g/mol. The van der Waals surface area contributed by atoms with Crippen LogP contribution in [0.4, 0.5) is 0 Å². The average Bonchev–Trinajstić information content (AvgIpc) is 3.14. The Labute approximate surface area is 161 Å². The normalized spacial score (nSPS) is 20.5. The van der Waals surface area contributed by atoms with Gasteiger partial charge in [0.2, 0.25) is 6.23 Å². The van der Waals surface area contributed by atoms with Crippen molar-refractivity contribution in [1.82, 2.24) is 9.99 Å². The molecule has 0 saturated carbocycles. The summed E-state index contributed by atoms with van der Waals surface area (Å²) in [4.78, 5) is 4.46. The molecule has 1 aromatic heterocycles. The predicted octanol–water partition coefficient (Wildman–Crippen LogP) is 4.68. The minimum Gasteiger partial charge on any atom is -0.507 e. The lowest BCUT2D eigenvalue weighted by Crippen LogP contribution is -2.34. The van der Waals surface area contributed by atoms with Gasteiger partial charge in [0.1, 0.15) is 17.2 Å². The van der Waals surface area contributed by atoms with E-state index in [1.807, 2.05) is 53.5 Å². The van der Waals surface area contributed by atoms with Gasteiger partial charge >= 0.3 is 0 Å². The summed E-state index contributed by atoms with van der Waals surface area (Å²) < 4.78 is 6.24. The van der Waals surface area contributed by atoms with Crippen molar-refractivity contribution in [2.45, 2.75) is 18.7 Å². The molecule has 0 radical (unpaired) electrons. The van der Waals surface area contributed by atoms with Gasteiger partial charge in [0, 0.05) is 28.8 Å². The van der Waals surface area contributed by atoms with E-state index in [2.05, 4.69) is 4.98 Å². The fraction of sp³-hybridized carbons (Fsp3) is 0.143. The summed E-state index contributed by atoms with van der Waals surface area (Å²) in [6, 6.07) is 18.6. The van der Waals surface area contributed by atoms with E-state index in [0.717, 1.165) is 28.3 Å². The lowest BCUT2D eigenvalue weighted by atomic mass is 9.96. The van der Waals surface area contributed by atoms with Crippen molar-refractivity contribution < 1.29 is 9.84 Å². The van der Waals surface area contributed by atoms with E-state index in [-0.39, 0.29) is 11.8 Å². The number of rotatable bonds is 2. The van der Waals surface area contributed by atoms with Crippen molar-refractivity contribution in [2.24, 2.45) is 5.10 Å². The van der Waals surface area contributed by atoms with Crippen LogP contribution >= 0.6 is 11.6 Å². The third kappa shape index (κ3) is 2.71. The lowest BCUT2D eigenvalue weighted by molar-refractivity contribution is -0.0218. The van der Waals surface area contributed by atoms with Crippen LogP contribution in [0, 0.1) is 0 Å². The van der Waals surface area contributed by atoms with Gasteiger partial charge in [0.05, 0.1) is 11.8 Å². The van der Waals surface area contributed by atoms with Crippen LogP contribution in [-0.4, -0.2) is 20.8 Å². The summed E-state index contributed by atoms with van der Waals surface area (Å²) in [6.45, 7) is 0. The van der Waals surface area contributed by atoms with Crippen LogP contribution < -0.4 is 4.74 Å². The topological polar surface area (TPSA) is 58.0 Å². The van der Waals surface area contributed by atoms with Gasteiger partial charge in [-0.3, -0.25) is 4.98 Å². The molecule has 0 saturated heterocycles. The van der Waals surface area contributed by atoms with Gasteiger partial charge in [-0.15, -0.1) is 0 Å². The minimum atomic E-state index is -0.437. The molecule has 5 nitrogen and oxygen atoms in total. The first-order valence-electron chi connectivity index (χ1n) is 8.72. The second kappa shape index (κ2) is 6.28. The number of aromatic nitrogens is 1. The number of nitrogens with zero attached hydrogens (tertiary/aromatic N) is 3. The molecule has 134 valence electrons. The van der Waals surface area contributed by atoms with Gasteiger partial charge in [0.15, 0.2) is 0 Å². The zero-order valence-electron chi connectivity index (χ0n) is 14.3. The number of phenols is 1. The fourth-order valence-corrected chi connectivity index (χ4v) is 3.84. The molecule has 2 unspecified atom stereocenters. The molecule has 2 aromatic carbocycles. The molecule has 3 aromatic rings. The van der Waals surface area contributed by atoms with Crippen molar-refractivity contribution in [3.8, 4) is 11.5 Å². The van der Waals surface area contributed by atoms with Gasteiger partial charge in [0.25, 0.3) is 0 Å². The Kier molecular flexibility index (Phi) is 3.76. The van der Waals surface area contributed by atoms with E-state index in [0.29, 0.717) is 11.4 Å². The molecule has 0 aliphatic carbocycles.